The van der Waals surface area contributed by atoms with Crippen LogP contribution in [0.4, 0.5) is 0 Å². The molecule has 2 fully saturated rings. The molecule has 1 heterocycles. The van der Waals surface area contributed by atoms with Crippen LogP contribution in [0.2, 0.25) is 0 Å². The SMILES string of the molecule is Brc1cc(CNC2CC2)ccc1COCC1CCOCC1. The number of benzene rings is 1. The molecule has 0 radical (unpaired) electrons. The first-order valence-electron chi connectivity index (χ1n) is 7.97. The maximum atomic E-state index is 5.89. The van der Waals surface area contributed by atoms with Crippen molar-refractivity contribution in [3.63, 3.8) is 0 Å². The predicted octanol–water partition coefficient (Wildman–Crippen LogP) is 3.64. The number of hydrogen-bond donors (Lipinski definition) is 1. The van der Waals surface area contributed by atoms with Crippen LogP contribution in [0.5, 0.6) is 0 Å². The first kappa shape index (κ1) is 15.5. The molecule has 1 saturated carbocycles. The van der Waals surface area contributed by atoms with E-state index in [0.717, 1.165) is 49.7 Å². The minimum absolute atomic E-state index is 0.666. The van der Waals surface area contributed by atoms with Gasteiger partial charge in [-0.05, 0) is 48.8 Å². The number of halogens is 1. The van der Waals surface area contributed by atoms with E-state index in [4.69, 9.17) is 9.47 Å². The summed E-state index contributed by atoms with van der Waals surface area (Å²) in [5.74, 6) is 0.666. The van der Waals surface area contributed by atoms with Crippen molar-refractivity contribution in [3.05, 3.63) is 33.8 Å². The van der Waals surface area contributed by atoms with Crippen LogP contribution in [0.3, 0.4) is 0 Å². The molecule has 3 nitrogen and oxygen atoms in total. The van der Waals surface area contributed by atoms with Gasteiger partial charge in [0.2, 0.25) is 0 Å². The summed E-state index contributed by atoms with van der Waals surface area (Å²) in [6.45, 7) is 4.28. The van der Waals surface area contributed by atoms with Crippen molar-refractivity contribution in [2.45, 2.75) is 44.9 Å². The molecule has 0 aromatic heterocycles. The van der Waals surface area contributed by atoms with Crippen LogP contribution in [-0.4, -0.2) is 25.9 Å². The molecule has 2 aliphatic rings. The molecule has 0 atom stereocenters. The normalized spacial score (nSPS) is 19.9. The van der Waals surface area contributed by atoms with Crippen molar-refractivity contribution < 1.29 is 9.47 Å². The highest BCUT2D eigenvalue weighted by Gasteiger charge is 2.20. The average Bonchev–Trinajstić information content (AvgIpc) is 3.32. The molecule has 4 heteroatoms. The molecule has 116 valence electrons. The van der Waals surface area contributed by atoms with Crippen LogP contribution in [0, 0.1) is 5.92 Å². The highest BCUT2D eigenvalue weighted by Crippen LogP contribution is 2.23. The molecule has 21 heavy (non-hydrogen) atoms. The third-order valence-corrected chi connectivity index (χ3v) is 4.98. The van der Waals surface area contributed by atoms with E-state index in [2.05, 4.69) is 39.4 Å². The zero-order valence-corrected chi connectivity index (χ0v) is 14.0. The second kappa shape index (κ2) is 7.73. The van der Waals surface area contributed by atoms with E-state index >= 15 is 0 Å². The second-order valence-electron chi connectivity index (χ2n) is 6.15. The summed E-state index contributed by atoms with van der Waals surface area (Å²) in [6, 6.07) is 7.35. The van der Waals surface area contributed by atoms with E-state index < -0.39 is 0 Å². The van der Waals surface area contributed by atoms with Gasteiger partial charge < -0.3 is 14.8 Å². The quantitative estimate of drug-likeness (QED) is 0.811. The lowest BCUT2D eigenvalue weighted by Gasteiger charge is -2.21. The van der Waals surface area contributed by atoms with Gasteiger partial charge in [-0.15, -0.1) is 0 Å². The van der Waals surface area contributed by atoms with Crippen molar-refractivity contribution in [2.75, 3.05) is 19.8 Å². The Morgan fingerprint density at radius 1 is 1.19 bits per heavy atom. The average molecular weight is 354 g/mol. The van der Waals surface area contributed by atoms with Gasteiger partial charge >= 0.3 is 0 Å². The van der Waals surface area contributed by atoms with Gasteiger partial charge in [-0.25, -0.2) is 0 Å². The lowest BCUT2D eigenvalue weighted by atomic mass is 10.0. The van der Waals surface area contributed by atoms with Crippen LogP contribution in [0.1, 0.15) is 36.8 Å². The summed E-state index contributed by atoms with van der Waals surface area (Å²) < 4.78 is 12.4. The number of rotatable bonds is 7. The molecule has 1 aromatic carbocycles. The topological polar surface area (TPSA) is 30.5 Å². The number of hydrogen-bond acceptors (Lipinski definition) is 3. The van der Waals surface area contributed by atoms with Crippen molar-refractivity contribution in [1.29, 1.82) is 0 Å². The molecular formula is C17H24BrNO2. The maximum Gasteiger partial charge on any atom is 0.0727 e. The Morgan fingerprint density at radius 3 is 2.71 bits per heavy atom. The Labute approximate surface area is 135 Å². The van der Waals surface area contributed by atoms with Gasteiger partial charge in [0.05, 0.1) is 13.2 Å². The fourth-order valence-electron chi connectivity index (χ4n) is 2.62. The van der Waals surface area contributed by atoms with Crippen LogP contribution in [-0.2, 0) is 22.6 Å². The Kier molecular flexibility index (Phi) is 5.69. The highest BCUT2D eigenvalue weighted by molar-refractivity contribution is 9.10. The van der Waals surface area contributed by atoms with E-state index in [9.17, 15) is 0 Å². The Balaban J connectivity index is 1.43. The summed E-state index contributed by atoms with van der Waals surface area (Å²) in [7, 11) is 0. The van der Waals surface area contributed by atoms with Gasteiger partial charge in [0.25, 0.3) is 0 Å². The van der Waals surface area contributed by atoms with Gasteiger partial charge in [-0.3, -0.25) is 0 Å². The van der Waals surface area contributed by atoms with Gasteiger partial charge in [0.1, 0.15) is 0 Å². The first-order chi connectivity index (χ1) is 10.3. The maximum absolute atomic E-state index is 5.89. The fourth-order valence-corrected chi connectivity index (χ4v) is 3.16. The predicted molar refractivity (Wildman–Crippen MR) is 87.2 cm³/mol. The van der Waals surface area contributed by atoms with Crippen LogP contribution in [0.15, 0.2) is 22.7 Å². The molecule has 1 N–H and O–H groups in total. The minimum atomic E-state index is 0.666. The van der Waals surface area contributed by atoms with Gasteiger partial charge in [-0.2, -0.15) is 0 Å². The molecule has 1 aromatic rings. The van der Waals surface area contributed by atoms with Gasteiger partial charge in [0.15, 0.2) is 0 Å². The second-order valence-corrected chi connectivity index (χ2v) is 7.01. The molecule has 1 aliphatic heterocycles. The van der Waals surface area contributed by atoms with Crippen LogP contribution >= 0.6 is 15.9 Å². The number of ether oxygens (including phenoxy) is 2. The largest absolute Gasteiger partial charge is 0.381 e. The van der Waals surface area contributed by atoms with Crippen LogP contribution < -0.4 is 5.32 Å². The van der Waals surface area contributed by atoms with Crippen LogP contribution in [0.25, 0.3) is 0 Å². The molecule has 3 rings (SSSR count). The van der Waals surface area contributed by atoms with Crippen molar-refractivity contribution in [3.8, 4) is 0 Å². The minimum Gasteiger partial charge on any atom is -0.381 e. The van der Waals surface area contributed by atoms with E-state index in [-0.39, 0.29) is 0 Å². The van der Waals surface area contributed by atoms with Gasteiger partial charge in [-0.1, -0.05) is 28.1 Å². The Bertz CT molecular complexity index is 456. The van der Waals surface area contributed by atoms with Crippen molar-refractivity contribution in [1.82, 2.24) is 5.32 Å². The molecule has 1 aliphatic carbocycles. The third kappa shape index (κ3) is 5.06. The summed E-state index contributed by atoms with van der Waals surface area (Å²) in [5, 5.41) is 3.54. The Hall–Kier alpha value is -0.420. The van der Waals surface area contributed by atoms with E-state index in [1.807, 2.05) is 0 Å². The zero-order chi connectivity index (χ0) is 14.5. The lowest BCUT2D eigenvalue weighted by Crippen LogP contribution is -2.20. The van der Waals surface area contributed by atoms with E-state index in [1.54, 1.807) is 0 Å². The van der Waals surface area contributed by atoms with Gasteiger partial charge in [0, 0.05) is 30.3 Å². The third-order valence-electron chi connectivity index (χ3n) is 4.24. The van der Waals surface area contributed by atoms with Crippen molar-refractivity contribution >= 4 is 15.9 Å². The van der Waals surface area contributed by atoms with E-state index in [1.165, 1.54) is 24.0 Å². The summed E-state index contributed by atoms with van der Waals surface area (Å²) >= 11 is 3.67. The molecule has 0 bridgehead atoms. The fraction of sp³-hybridized carbons (Fsp3) is 0.647. The molecular weight excluding hydrogens is 330 g/mol. The summed E-state index contributed by atoms with van der Waals surface area (Å²) in [4.78, 5) is 0. The summed E-state index contributed by atoms with van der Waals surface area (Å²) in [6.07, 6.45) is 4.93. The summed E-state index contributed by atoms with van der Waals surface area (Å²) in [5.41, 5.74) is 2.57. The first-order valence-corrected chi connectivity index (χ1v) is 8.77. The molecule has 0 unspecified atom stereocenters. The smallest absolute Gasteiger partial charge is 0.0727 e. The molecule has 0 amide bonds. The highest BCUT2D eigenvalue weighted by atomic mass is 79.9. The molecule has 1 saturated heterocycles. The monoisotopic (exact) mass is 353 g/mol. The number of nitrogens with one attached hydrogen (secondary N) is 1. The zero-order valence-electron chi connectivity index (χ0n) is 12.4. The molecule has 0 spiro atoms. The standard InChI is InChI=1S/C17H24BrNO2/c18-17-9-14(10-19-16-3-4-16)1-2-15(17)12-21-11-13-5-7-20-8-6-13/h1-2,9,13,16,19H,3-8,10-12H2. The van der Waals surface area contributed by atoms with E-state index in [0.29, 0.717) is 12.5 Å². The Morgan fingerprint density at radius 2 is 2.00 bits per heavy atom. The van der Waals surface area contributed by atoms with Crippen molar-refractivity contribution in [2.24, 2.45) is 5.92 Å². The lowest BCUT2D eigenvalue weighted by molar-refractivity contribution is 0.0156.